The molecule has 0 bridgehead atoms. The van der Waals surface area contributed by atoms with Crippen LogP contribution in [-0.2, 0) is 16.0 Å². The van der Waals surface area contributed by atoms with Gasteiger partial charge in [0.25, 0.3) is 0 Å². The van der Waals surface area contributed by atoms with Crippen LogP contribution in [0.4, 0.5) is 14.7 Å². The van der Waals surface area contributed by atoms with Crippen LogP contribution in [0.1, 0.15) is 24.1 Å². The van der Waals surface area contributed by atoms with Gasteiger partial charge in [0.1, 0.15) is 5.82 Å². The van der Waals surface area contributed by atoms with Crippen molar-refractivity contribution in [1.82, 2.24) is 14.9 Å². The van der Waals surface area contributed by atoms with Crippen LogP contribution in [0.2, 0.25) is 0 Å². The van der Waals surface area contributed by atoms with E-state index in [4.69, 9.17) is 4.98 Å². The van der Waals surface area contributed by atoms with E-state index in [9.17, 15) is 14.0 Å². The number of carbonyl (C=O) groups is 2. The number of hydrogen-bond acceptors (Lipinski definition) is 7. The summed E-state index contributed by atoms with van der Waals surface area (Å²) in [6, 6.07) is 6.33. The summed E-state index contributed by atoms with van der Waals surface area (Å²) in [6.45, 7) is 2.97. The van der Waals surface area contributed by atoms with Crippen LogP contribution >= 0.6 is 35.1 Å². The molecule has 1 saturated carbocycles. The molecule has 1 aliphatic carbocycles. The third-order valence-corrected chi connectivity index (χ3v) is 7.26. The molecule has 2 heterocycles. The number of thiazole rings is 2. The lowest BCUT2D eigenvalue weighted by atomic mass is 10.1. The maximum absolute atomic E-state index is 14.1. The van der Waals surface area contributed by atoms with Gasteiger partial charge in [-0.1, -0.05) is 29.5 Å². The van der Waals surface area contributed by atoms with E-state index in [0.29, 0.717) is 34.6 Å². The van der Waals surface area contributed by atoms with E-state index in [1.165, 1.54) is 28.7 Å². The van der Waals surface area contributed by atoms with Gasteiger partial charge in [0.05, 0.1) is 22.7 Å². The normalized spacial score (nSPS) is 13.0. The van der Waals surface area contributed by atoms with Gasteiger partial charge in [-0.05, 0) is 45.5 Å². The second-order valence-electron chi connectivity index (χ2n) is 8.33. The first-order chi connectivity index (χ1) is 15.8. The van der Waals surface area contributed by atoms with E-state index in [2.05, 4.69) is 10.3 Å². The zero-order valence-corrected chi connectivity index (χ0v) is 21.7. The van der Waals surface area contributed by atoms with Crippen LogP contribution in [0.5, 0.6) is 0 Å². The maximum Gasteiger partial charge on any atom is 0.233 e. The molecule has 1 fully saturated rings. The SMILES string of the molecule is Cc1nc(NC(=O)C2CC2)sc1-c1csc(N(CCN(C)C)C(=O)Cc2ccccc2F)n1.Cl. The Hall–Kier alpha value is -2.40. The number of anilines is 2. The molecule has 1 aromatic carbocycles. The van der Waals surface area contributed by atoms with E-state index in [1.807, 2.05) is 31.3 Å². The minimum atomic E-state index is -0.390. The minimum Gasteiger partial charge on any atom is -0.308 e. The van der Waals surface area contributed by atoms with Crippen LogP contribution in [0, 0.1) is 18.7 Å². The van der Waals surface area contributed by atoms with E-state index < -0.39 is 0 Å². The van der Waals surface area contributed by atoms with Crippen molar-refractivity contribution in [2.75, 3.05) is 37.4 Å². The largest absolute Gasteiger partial charge is 0.308 e. The number of carbonyl (C=O) groups excluding carboxylic acids is 2. The first kappa shape index (κ1) is 26.2. The molecular weight excluding hydrogens is 497 g/mol. The average Bonchev–Trinajstić information content (AvgIpc) is 3.41. The topological polar surface area (TPSA) is 78.4 Å². The van der Waals surface area contributed by atoms with Crippen LogP contribution in [-0.4, -0.2) is 53.9 Å². The molecule has 34 heavy (non-hydrogen) atoms. The predicted molar refractivity (Wildman–Crippen MR) is 138 cm³/mol. The lowest BCUT2D eigenvalue weighted by Crippen LogP contribution is -2.37. The van der Waals surface area contributed by atoms with Crippen molar-refractivity contribution >= 4 is 57.2 Å². The van der Waals surface area contributed by atoms with Gasteiger partial charge in [0, 0.05) is 24.4 Å². The number of likely N-dealkylation sites (N-methyl/N-ethyl adjacent to an activating group) is 1. The zero-order valence-electron chi connectivity index (χ0n) is 19.2. The Labute approximate surface area is 212 Å². The number of rotatable bonds is 9. The lowest BCUT2D eigenvalue weighted by Gasteiger charge is -2.22. The number of benzene rings is 1. The van der Waals surface area contributed by atoms with Gasteiger partial charge in [-0.15, -0.1) is 23.7 Å². The number of halogens is 2. The van der Waals surface area contributed by atoms with Gasteiger partial charge < -0.3 is 10.2 Å². The molecule has 0 aliphatic heterocycles. The number of hydrogen-bond donors (Lipinski definition) is 1. The van der Waals surface area contributed by atoms with Gasteiger partial charge in [-0.2, -0.15) is 0 Å². The van der Waals surface area contributed by atoms with Crippen molar-refractivity contribution in [3.05, 3.63) is 46.7 Å². The first-order valence-corrected chi connectivity index (χ1v) is 12.4. The van der Waals surface area contributed by atoms with Gasteiger partial charge in [0.2, 0.25) is 11.8 Å². The second-order valence-corrected chi connectivity index (χ2v) is 10.2. The second kappa shape index (κ2) is 11.4. The number of aromatic nitrogens is 2. The third kappa shape index (κ3) is 6.38. The van der Waals surface area contributed by atoms with Crippen LogP contribution in [0.15, 0.2) is 29.6 Å². The molecule has 0 radical (unpaired) electrons. The summed E-state index contributed by atoms with van der Waals surface area (Å²) in [7, 11) is 3.87. The summed E-state index contributed by atoms with van der Waals surface area (Å²) in [4.78, 5) is 38.9. The Bertz CT molecular complexity index is 1160. The molecule has 2 amide bonds. The molecule has 3 aromatic rings. The highest BCUT2D eigenvalue weighted by molar-refractivity contribution is 7.20. The van der Waals surface area contributed by atoms with E-state index in [-0.39, 0.29) is 42.4 Å². The van der Waals surface area contributed by atoms with Crippen molar-refractivity contribution in [2.45, 2.75) is 26.2 Å². The molecule has 0 spiro atoms. The summed E-state index contributed by atoms with van der Waals surface area (Å²) < 4.78 is 14.1. The molecular formula is C23H27ClFN5O2S2. The van der Waals surface area contributed by atoms with E-state index in [1.54, 1.807) is 23.1 Å². The fraction of sp³-hybridized carbons (Fsp3) is 0.391. The molecule has 0 unspecified atom stereocenters. The molecule has 1 N–H and O–H groups in total. The summed E-state index contributed by atoms with van der Waals surface area (Å²) in [6.07, 6.45) is 1.83. The van der Waals surface area contributed by atoms with Crippen LogP contribution in [0.3, 0.4) is 0 Å². The quantitative estimate of drug-likeness (QED) is 0.442. The Morgan fingerprint density at radius 2 is 1.91 bits per heavy atom. The van der Waals surface area contributed by atoms with E-state index >= 15 is 0 Å². The molecule has 0 saturated heterocycles. The number of amides is 2. The van der Waals surface area contributed by atoms with Crippen LogP contribution < -0.4 is 10.2 Å². The summed E-state index contributed by atoms with van der Waals surface area (Å²) in [5.74, 6) is -0.474. The summed E-state index contributed by atoms with van der Waals surface area (Å²) in [5.41, 5.74) is 1.86. The molecule has 1 aliphatic rings. The van der Waals surface area contributed by atoms with Crippen molar-refractivity contribution in [2.24, 2.45) is 5.92 Å². The van der Waals surface area contributed by atoms with Gasteiger partial charge >= 0.3 is 0 Å². The van der Waals surface area contributed by atoms with Crippen molar-refractivity contribution in [3.8, 4) is 10.6 Å². The number of nitrogens with one attached hydrogen (secondary N) is 1. The molecule has 7 nitrogen and oxygen atoms in total. The van der Waals surface area contributed by atoms with Crippen molar-refractivity contribution in [1.29, 1.82) is 0 Å². The molecule has 182 valence electrons. The first-order valence-electron chi connectivity index (χ1n) is 10.7. The van der Waals surface area contributed by atoms with Crippen molar-refractivity contribution in [3.63, 3.8) is 0 Å². The Morgan fingerprint density at radius 1 is 1.18 bits per heavy atom. The summed E-state index contributed by atoms with van der Waals surface area (Å²) in [5, 5.41) is 5.90. The van der Waals surface area contributed by atoms with Gasteiger partial charge in [-0.25, -0.2) is 14.4 Å². The standard InChI is InChI=1S/C23H26FN5O2S2.ClH/c1-14-20(33-22(25-14)27-21(31)15-8-9-15)18-13-32-23(26-18)29(11-10-28(2)3)19(30)12-16-6-4-5-7-17(16)24;/h4-7,13,15H,8-12H2,1-3H3,(H,25,27,31);1H. The molecule has 0 atom stereocenters. The highest BCUT2D eigenvalue weighted by Gasteiger charge is 2.30. The van der Waals surface area contributed by atoms with Gasteiger partial charge in [0.15, 0.2) is 10.3 Å². The molecule has 4 rings (SSSR count). The Balaban J connectivity index is 0.00000324. The smallest absolute Gasteiger partial charge is 0.233 e. The highest BCUT2D eigenvalue weighted by Crippen LogP contribution is 2.37. The Kier molecular flexibility index (Phi) is 8.75. The average molecular weight is 524 g/mol. The van der Waals surface area contributed by atoms with Crippen molar-refractivity contribution < 1.29 is 14.0 Å². The fourth-order valence-electron chi connectivity index (χ4n) is 3.26. The minimum absolute atomic E-state index is 0. The summed E-state index contributed by atoms with van der Waals surface area (Å²) >= 11 is 2.75. The fourth-order valence-corrected chi connectivity index (χ4v) is 5.12. The maximum atomic E-state index is 14.1. The predicted octanol–water partition coefficient (Wildman–Crippen LogP) is 4.62. The number of nitrogens with zero attached hydrogens (tertiary/aromatic N) is 4. The third-order valence-electron chi connectivity index (χ3n) is 5.30. The molecule has 2 aromatic heterocycles. The van der Waals surface area contributed by atoms with E-state index in [0.717, 1.165) is 23.4 Å². The Morgan fingerprint density at radius 3 is 2.59 bits per heavy atom. The number of aryl methyl sites for hydroxylation is 1. The van der Waals surface area contributed by atoms with Gasteiger partial charge in [-0.3, -0.25) is 14.5 Å². The molecule has 11 heteroatoms. The van der Waals surface area contributed by atoms with Crippen LogP contribution in [0.25, 0.3) is 10.6 Å². The monoisotopic (exact) mass is 523 g/mol. The zero-order chi connectivity index (χ0) is 23.5. The highest BCUT2D eigenvalue weighted by atomic mass is 35.5. The lowest BCUT2D eigenvalue weighted by molar-refractivity contribution is -0.118.